The highest BCUT2D eigenvalue weighted by molar-refractivity contribution is 7.15. The van der Waals surface area contributed by atoms with Crippen molar-refractivity contribution in [3.05, 3.63) is 86.8 Å². The van der Waals surface area contributed by atoms with Crippen LogP contribution in [-0.2, 0) is 38.0 Å². The second-order valence-corrected chi connectivity index (χ2v) is 16.1. The number of esters is 1. The highest BCUT2D eigenvalue weighted by atomic mass is 35.5. The lowest BCUT2D eigenvalue weighted by Gasteiger charge is -2.19. The number of aliphatic imine (C=N–C) groups is 1. The number of aryl methyl sites for hydroxylation is 2. The van der Waals surface area contributed by atoms with Crippen molar-refractivity contribution in [3.63, 3.8) is 0 Å². The molecule has 3 heterocycles. The van der Waals surface area contributed by atoms with Gasteiger partial charge in [0.1, 0.15) is 34.8 Å². The van der Waals surface area contributed by atoms with Crippen molar-refractivity contribution in [1.82, 2.24) is 14.8 Å². The topological polar surface area (TPSA) is 154 Å². The molecule has 1 amide bonds. The maximum atomic E-state index is 13.6. The van der Waals surface area contributed by atoms with Crippen LogP contribution in [-0.4, -0.2) is 111 Å². The van der Waals surface area contributed by atoms with Crippen LogP contribution in [0, 0.1) is 20.8 Å². The molecule has 0 bridgehead atoms. The average molecular weight is 840 g/mol. The Bertz CT molecular complexity index is 1980. The van der Waals surface area contributed by atoms with Crippen LogP contribution in [0.4, 0.5) is 5.69 Å². The van der Waals surface area contributed by atoms with Gasteiger partial charge in [-0.1, -0.05) is 29.8 Å². The number of fused-ring (bicyclic) bond motifs is 3. The summed E-state index contributed by atoms with van der Waals surface area (Å²) in [4.78, 5) is 31.6. The summed E-state index contributed by atoms with van der Waals surface area (Å²) in [6.45, 7) is 16.0. The Morgan fingerprint density at radius 3 is 2.03 bits per heavy atom. The number of carbonyl (C=O) groups excluding carboxylic acids is 2. The van der Waals surface area contributed by atoms with Gasteiger partial charge in [0.15, 0.2) is 5.82 Å². The maximum Gasteiger partial charge on any atom is 0.308 e. The smallest absolute Gasteiger partial charge is 0.308 e. The number of nitrogens with zero attached hydrogens (tertiary/aromatic N) is 4. The second kappa shape index (κ2) is 22.2. The van der Waals surface area contributed by atoms with Crippen LogP contribution in [0.15, 0.2) is 53.5 Å². The Hall–Kier alpha value is -4.22. The minimum atomic E-state index is -0.582. The highest BCUT2D eigenvalue weighted by Gasteiger charge is 2.32. The fourth-order valence-electron chi connectivity index (χ4n) is 5.93. The monoisotopic (exact) mass is 839 g/mol. The van der Waals surface area contributed by atoms with Gasteiger partial charge < -0.3 is 38.5 Å². The number of halogens is 1. The summed E-state index contributed by atoms with van der Waals surface area (Å²) in [5.41, 5.74) is 3.95. The van der Waals surface area contributed by atoms with E-state index in [0.717, 1.165) is 33.2 Å². The molecule has 0 fully saturated rings. The van der Waals surface area contributed by atoms with E-state index in [2.05, 4.69) is 29.4 Å². The van der Waals surface area contributed by atoms with Gasteiger partial charge in [-0.05, 0) is 71.4 Å². The van der Waals surface area contributed by atoms with Crippen LogP contribution in [0.25, 0.3) is 5.00 Å². The van der Waals surface area contributed by atoms with Gasteiger partial charge in [-0.2, -0.15) is 0 Å². The molecule has 0 saturated carbocycles. The summed E-state index contributed by atoms with van der Waals surface area (Å²) in [5, 5.41) is 13.5. The number of hydrogen-bond donors (Lipinski definition) is 1. The number of benzene rings is 2. The molecule has 1 aliphatic heterocycles. The normalized spacial score (nSPS) is 13.7. The van der Waals surface area contributed by atoms with Crippen molar-refractivity contribution in [1.29, 1.82) is 0 Å². The van der Waals surface area contributed by atoms with Crippen LogP contribution in [0.1, 0.15) is 72.9 Å². The minimum absolute atomic E-state index is 0.0561. The van der Waals surface area contributed by atoms with Crippen LogP contribution < -0.4 is 10.1 Å². The SMILES string of the molecule is Cc1sc2c(c1C)C(c1ccc(Cl)cc1)=N[C@@H](CC(=O)Nc1cccc(OCCOCCOCCOCCOCCOCCC(=O)OC(C)(C)C)c1)c1nnc(C)n1-2. The lowest BCUT2D eigenvalue weighted by atomic mass is 9.99. The van der Waals surface area contributed by atoms with E-state index >= 15 is 0 Å². The average Bonchev–Trinajstić information content (AvgIpc) is 3.65. The molecule has 1 aliphatic rings. The molecular formula is C42H54ClN5O9S. The highest BCUT2D eigenvalue weighted by Crippen LogP contribution is 2.39. The predicted octanol–water partition coefficient (Wildman–Crippen LogP) is 7.02. The summed E-state index contributed by atoms with van der Waals surface area (Å²) >= 11 is 7.90. The third-order valence-corrected chi connectivity index (χ3v) is 10.2. The quantitative estimate of drug-likeness (QED) is 0.0606. The molecule has 2 aromatic carbocycles. The molecule has 0 radical (unpaired) electrons. The number of hydrogen-bond acceptors (Lipinski definition) is 13. The lowest BCUT2D eigenvalue weighted by molar-refractivity contribution is -0.156. The van der Waals surface area contributed by atoms with Crippen LogP contribution in [0.5, 0.6) is 5.75 Å². The van der Waals surface area contributed by atoms with E-state index in [0.29, 0.717) is 95.0 Å². The van der Waals surface area contributed by atoms with Crippen molar-refractivity contribution in [2.75, 3.05) is 78.0 Å². The van der Waals surface area contributed by atoms with Crippen molar-refractivity contribution in [2.45, 2.75) is 66.0 Å². The Kier molecular flexibility index (Phi) is 17.2. The first-order valence-corrected chi connectivity index (χ1v) is 20.6. The number of amides is 1. The fourth-order valence-corrected chi connectivity index (χ4v) is 7.27. The number of thiophene rings is 1. The third-order valence-electron chi connectivity index (χ3n) is 8.71. The van der Waals surface area contributed by atoms with Crippen molar-refractivity contribution in [3.8, 4) is 10.8 Å². The van der Waals surface area contributed by atoms with Gasteiger partial charge in [-0.15, -0.1) is 21.5 Å². The van der Waals surface area contributed by atoms with E-state index in [-0.39, 0.29) is 24.7 Å². The Labute approximate surface area is 349 Å². The van der Waals surface area contributed by atoms with Crippen LogP contribution in [0.2, 0.25) is 5.02 Å². The molecule has 0 aliphatic carbocycles. The second-order valence-electron chi connectivity index (χ2n) is 14.4. The summed E-state index contributed by atoms with van der Waals surface area (Å²) in [5.74, 6) is 1.46. The van der Waals surface area contributed by atoms with E-state index in [1.54, 1.807) is 17.4 Å². The van der Waals surface area contributed by atoms with E-state index in [1.165, 1.54) is 4.88 Å². The molecule has 58 heavy (non-hydrogen) atoms. The van der Waals surface area contributed by atoms with Gasteiger partial charge in [0.25, 0.3) is 0 Å². The van der Waals surface area contributed by atoms with E-state index < -0.39 is 11.6 Å². The first kappa shape index (κ1) is 44.9. The van der Waals surface area contributed by atoms with E-state index in [9.17, 15) is 9.59 Å². The maximum absolute atomic E-state index is 13.6. The zero-order chi connectivity index (χ0) is 41.5. The van der Waals surface area contributed by atoms with Crippen molar-refractivity contribution in [2.24, 2.45) is 4.99 Å². The minimum Gasteiger partial charge on any atom is -0.491 e. The molecule has 4 aromatic rings. The Morgan fingerprint density at radius 2 is 1.41 bits per heavy atom. The van der Waals surface area contributed by atoms with E-state index in [1.807, 2.05) is 74.7 Å². The number of carbonyl (C=O) groups is 2. The molecule has 16 heteroatoms. The van der Waals surface area contributed by atoms with E-state index in [4.69, 9.17) is 49.8 Å². The van der Waals surface area contributed by atoms with Gasteiger partial charge in [0.2, 0.25) is 5.91 Å². The first-order chi connectivity index (χ1) is 27.9. The molecule has 5 rings (SSSR count). The number of nitrogens with one attached hydrogen (secondary N) is 1. The summed E-state index contributed by atoms with van der Waals surface area (Å²) < 4.78 is 40.7. The molecule has 0 unspecified atom stereocenters. The van der Waals surface area contributed by atoms with Crippen molar-refractivity contribution < 1.29 is 42.7 Å². The Morgan fingerprint density at radius 1 is 0.810 bits per heavy atom. The zero-order valence-corrected chi connectivity index (χ0v) is 35.7. The Balaban J connectivity index is 0.969. The number of anilines is 1. The van der Waals surface area contributed by atoms with Crippen LogP contribution >= 0.6 is 22.9 Å². The van der Waals surface area contributed by atoms with Gasteiger partial charge in [0, 0.05) is 32.8 Å². The van der Waals surface area contributed by atoms with Gasteiger partial charge in [0.05, 0.1) is 84.6 Å². The molecular weight excluding hydrogens is 786 g/mol. The van der Waals surface area contributed by atoms with Crippen molar-refractivity contribution >= 4 is 46.2 Å². The molecule has 2 aromatic heterocycles. The number of rotatable bonds is 23. The first-order valence-electron chi connectivity index (χ1n) is 19.4. The zero-order valence-electron chi connectivity index (χ0n) is 34.1. The number of aromatic nitrogens is 3. The third kappa shape index (κ3) is 13.7. The summed E-state index contributed by atoms with van der Waals surface area (Å²) in [6.07, 6.45) is 0.272. The fraction of sp³-hybridized carbons (Fsp3) is 0.500. The van der Waals surface area contributed by atoms with Crippen LogP contribution in [0.3, 0.4) is 0 Å². The molecule has 14 nitrogen and oxygen atoms in total. The summed E-state index contributed by atoms with van der Waals surface area (Å²) in [6, 6.07) is 14.3. The lowest BCUT2D eigenvalue weighted by Crippen LogP contribution is -2.24. The molecule has 0 saturated heterocycles. The predicted molar refractivity (Wildman–Crippen MR) is 223 cm³/mol. The molecule has 1 atom stereocenters. The number of ether oxygens (including phenoxy) is 7. The summed E-state index contributed by atoms with van der Waals surface area (Å²) in [7, 11) is 0. The molecule has 1 N–H and O–H groups in total. The largest absolute Gasteiger partial charge is 0.491 e. The molecule has 314 valence electrons. The van der Waals surface area contributed by atoms with Gasteiger partial charge >= 0.3 is 5.97 Å². The van der Waals surface area contributed by atoms with Gasteiger partial charge in [-0.3, -0.25) is 19.1 Å². The van der Waals surface area contributed by atoms with Gasteiger partial charge in [-0.25, -0.2) is 0 Å². The standard InChI is InChI=1S/C42H54ClN5O9S/c1-28-29(2)58-41-38(28)39(31-10-12-32(43)13-11-31)45-35(40-47-46-30(3)48(40)41)27-36(49)44-33-8-7-9-34(26-33)56-25-24-55-23-22-54-21-20-53-19-18-52-17-16-51-15-14-37(50)57-42(4,5)6/h7-13,26,35H,14-25,27H2,1-6H3,(H,44,49)/t35-/m0/s1. The molecule has 0 spiro atoms.